The molecule has 0 heterocycles. The minimum atomic E-state index is -5.00. The van der Waals surface area contributed by atoms with Gasteiger partial charge >= 0.3 is 36.4 Å². The van der Waals surface area contributed by atoms with Crippen molar-refractivity contribution in [1.82, 2.24) is 0 Å². The summed E-state index contributed by atoms with van der Waals surface area (Å²) in [4.78, 5) is 96.5. The molecule has 0 saturated carbocycles. The van der Waals surface area contributed by atoms with Crippen molar-refractivity contribution in [3.63, 3.8) is 0 Å². The highest BCUT2D eigenvalue weighted by Gasteiger charge is 2.59. The molecule has 536 valence electrons. The number of Topliss-reactive ketones (excluding diaryl/α,β-unsaturated/α-hetero) is 2. The summed E-state index contributed by atoms with van der Waals surface area (Å²) in [6.07, 6.45) is -16.3. The lowest BCUT2D eigenvalue weighted by atomic mass is 9.89. The third kappa shape index (κ3) is 26.7. The largest absolute Gasteiger partial charge is 0.456 e. The number of rotatable bonds is 15. The molecule has 0 aliphatic rings. The van der Waals surface area contributed by atoms with E-state index >= 15 is 0 Å². The highest BCUT2D eigenvalue weighted by atomic mass is 35.5. The van der Waals surface area contributed by atoms with Gasteiger partial charge in [0.25, 0.3) is 0 Å². The van der Waals surface area contributed by atoms with Crippen molar-refractivity contribution in [1.29, 1.82) is 0 Å². The van der Waals surface area contributed by atoms with E-state index in [1.807, 2.05) is 0 Å². The number of carbonyl (C=O) groups excluding carboxylic acids is 8. The number of ketones is 3. The molecule has 2 atom stereocenters. The summed E-state index contributed by atoms with van der Waals surface area (Å²) in [6.45, 7) is 22.4. The van der Waals surface area contributed by atoms with Crippen molar-refractivity contribution in [2.75, 3.05) is 0 Å². The highest BCUT2D eigenvalue weighted by molar-refractivity contribution is 8.14. The topological polar surface area (TPSA) is 164 Å². The fourth-order valence-corrected chi connectivity index (χ4v) is 11.7. The molecular weight excluding hydrogens is 1500 g/mol. The van der Waals surface area contributed by atoms with E-state index in [0.717, 1.165) is 43.3 Å². The van der Waals surface area contributed by atoms with E-state index in [1.165, 1.54) is 79.7 Å². The molecule has 0 aliphatic carbocycles. The van der Waals surface area contributed by atoms with Gasteiger partial charge in [-0.05, 0) is 214 Å². The van der Waals surface area contributed by atoms with E-state index in [2.05, 4.69) is 25.3 Å². The Balaban J connectivity index is 0.000000376. The van der Waals surface area contributed by atoms with Crippen molar-refractivity contribution in [3.05, 3.63) is 212 Å². The number of alkyl halides is 9. The van der Waals surface area contributed by atoms with Gasteiger partial charge in [-0.15, -0.1) is 12.6 Å². The smallest absolute Gasteiger partial charge is 0.417 e. The number of hydrogen-bond acceptors (Lipinski definition) is 13. The van der Waals surface area contributed by atoms with Crippen molar-refractivity contribution in [3.8, 4) is 0 Å². The third-order valence-electron chi connectivity index (χ3n) is 13.0. The Hall–Kier alpha value is -6.02. The van der Waals surface area contributed by atoms with Crippen LogP contribution in [0.1, 0.15) is 185 Å². The van der Waals surface area contributed by atoms with Crippen LogP contribution in [0.3, 0.4) is 0 Å². The lowest BCUT2D eigenvalue weighted by molar-refractivity contribution is -0.162. The number of carbonyl (C=O) groups is 8. The zero-order valence-corrected chi connectivity index (χ0v) is 62.5. The lowest BCUT2D eigenvalue weighted by Crippen LogP contribution is -2.42. The third-order valence-corrected chi connectivity index (χ3v) is 16.2. The first-order chi connectivity index (χ1) is 44.9. The molecule has 6 aromatic carbocycles. The molecule has 0 amide bonds. The van der Waals surface area contributed by atoms with Gasteiger partial charge in [0.1, 0.15) is 21.6 Å². The van der Waals surface area contributed by atoms with Crippen LogP contribution in [0.15, 0.2) is 115 Å². The van der Waals surface area contributed by atoms with Crippen LogP contribution in [0.5, 0.6) is 0 Å². The van der Waals surface area contributed by atoms with Gasteiger partial charge in [-0.3, -0.25) is 24.0 Å². The number of hydrogen-bond donors (Lipinski definition) is 2. The van der Waals surface area contributed by atoms with Crippen LogP contribution >= 0.6 is 107 Å². The first-order valence-electron chi connectivity index (χ1n) is 28.9. The minimum absolute atomic E-state index is 0.00446. The summed E-state index contributed by atoms with van der Waals surface area (Å²) in [6, 6.07) is 22.2. The standard InChI is InChI=1S/C24H23Cl2F3O4S.C22H21Cl2F3O3S.C22H19Cl2F3O3.C2H4OS/c1-13-8-15(6-7-19(13)21(32)33-22(3,4)5)20(31)12-23(24(27,28)29,34-14(2)30)16-9-17(25)11-18(26)10-16;1-12-7-13(5-6-17(12)19(29)30-20(2,3)4)18(28)11-21(31,22(25,26)27)14-8-15(23)10-16(24)9-14;1-12-7-13(5-6-17(12)20(29)30-21(2,3)4)19(28)11-18(22(25,26)27)14-8-15(23)10-16(24)9-14;1-2(3)4/h6-11H,12H2,1-5H3;5-10,31H,11H2,1-4H3;5-11H,1-4H3;1H3,(H,3,4)/b;;18-11+;. The second-order valence-corrected chi connectivity index (χ2v) is 30.5. The number of allylic oxidation sites excluding steroid dienone is 2. The van der Waals surface area contributed by atoms with Gasteiger partial charge in [-0.2, -0.15) is 52.1 Å². The van der Waals surface area contributed by atoms with Gasteiger partial charge in [-0.25, -0.2) is 14.4 Å². The number of esters is 3. The maximum Gasteiger partial charge on any atom is 0.417 e. The van der Waals surface area contributed by atoms with E-state index in [0.29, 0.717) is 22.8 Å². The summed E-state index contributed by atoms with van der Waals surface area (Å²) in [5.74, 6) is -4.34. The molecule has 6 aromatic rings. The zero-order chi connectivity index (χ0) is 76.3. The highest BCUT2D eigenvalue weighted by Crippen LogP contribution is 2.54. The number of benzene rings is 6. The summed E-state index contributed by atoms with van der Waals surface area (Å²) in [5.41, 5.74) is -2.64. The van der Waals surface area contributed by atoms with Crippen molar-refractivity contribution < 1.29 is 92.1 Å². The van der Waals surface area contributed by atoms with Gasteiger partial charge in [-0.1, -0.05) is 99.6 Å². The predicted octanol–water partition coefficient (Wildman–Crippen LogP) is 22.3. The van der Waals surface area contributed by atoms with Crippen molar-refractivity contribution in [2.24, 2.45) is 0 Å². The van der Waals surface area contributed by atoms with E-state index < -0.39 is 109 Å². The van der Waals surface area contributed by atoms with Crippen LogP contribution < -0.4 is 0 Å². The molecule has 0 bridgehead atoms. The summed E-state index contributed by atoms with van der Waals surface area (Å²) in [7, 11) is 0. The van der Waals surface area contributed by atoms with E-state index in [9.17, 15) is 77.9 Å². The quantitative estimate of drug-likeness (QED) is 0.0250. The van der Waals surface area contributed by atoms with Crippen molar-refractivity contribution in [2.45, 2.75) is 155 Å². The Bertz CT molecular complexity index is 4020. The van der Waals surface area contributed by atoms with Crippen LogP contribution in [0, 0.1) is 20.8 Å². The van der Waals surface area contributed by atoms with Crippen molar-refractivity contribution >= 4 is 158 Å². The molecule has 6 rings (SSSR count). The Labute approximate surface area is 612 Å². The van der Waals surface area contributed by atoms with Gasteiger partial charge in [0.15, 0.2) is 32.3 Å². The predicted molar refractivity (Wildman–Crippen MR) is 377 cm³/mol. The SMILES string of the molecule is CC(=O)S.CC(=O)SC(CC(=O)c1ccc(C(=O)OC(C)(C)C)c(C)c1)(c1cc(Cl)cc(Cl)c1)C(F)(F)F.Cc1cc(C(=O)/C=C(\c2cc(Cl)cc(Cl)c2)C(F)(F)F)ccc1C(=O)OC(C)(C)C.Cc1cc(C(=O)CC(S)(c2cc(Cl)cc(Cl)c2)C(F)(F)F)ccc1C(=O)OC(C)(C)C. The fraction of sp³-hybridized carbons (Fsp3) is 0.343. The monoisotopic (exact) mass is 1560 g/mol. The summed E-state index contributed by atoms with van der Waals surface area (Å²) in [5, 5.41) is -1.09. The molecule has 29 heteroatoms. The number of ether oxygens (including phenoxy) is 3. The average Bonchev–Trinajstić information content (AvgIpc) is 0.763. The van der Waals surface area contributed by atoms with Gasteiger partial charge in [0.05, 0.1) is 22.3 Å². The van der Waals surface area contributed by atoms with Gasteiger partial charge in [0.2, 0.25) is 0 Å². The van der Waals surface area contributed by atoms with Crippen LogP contribution in [-0.4, -0.2) is 80.8 Å². The first kappa shape index (κ1) is 87.2. The number of thioether (sulfide) groups is 1. The van der Waals surface area contributed by atoms with E-state index in [1.54, 1.807) is 83.1 Å². The van der Waals surface area contributed by atoms with E-state index in [4.69, 9.17) is 83.8 Å². The first-order valence-corrected chi connectivity index (χ1v) is 32.9. The Morgan fingerprint density at radius 2 is 0.737 bits per heavy atom. The molecule has 0 spiro atoms. The van der Waals surface area contributed by atoms with Gasteiger partial charge < -0.3 is 14.2 Å². The summed E-state index contributed by atoms with van der Waals surface area (Å²) >= 11 is 42.4. The number of thiol groups is 2. The molecule has 11 nitrogen and oxygen atoms in total. The second kappa shape index (κ2) is 34.8. The second-order valence-electron chi connectivity index (χ2n) is 25.0. The number of aryl methyl sites for hydroxylation is 3. The van der Waals surface area contributed by atoms with Crippen LogP contribution in [0.4, 0.5) is 39.5 Å². The van der Waals surface area contributed by atoms with Gasteiger partial charge in [0, 0.05) is 73.5 Å². The zero-order valence-electron chi connectivity index (χ0n) is 55.3. The maximum atomic E-state index is 14.5. The van der Waals surface area contributed by atoms with Crippen LogP contribution in [0.2, 0.25) is 30.1 Å². The average molecular weight is 1560 g/mol. The van der Waals surface area contributed by atoms with E-state index in [-0.39, 0.29) is 91.5 Å². The van der Waals surface area contributed by atoms with Crippen LogP contribution in [0.25, 0.3) is 5.57 Å². The molecule has 0 N–H and O–H groups in total. The summed E-state index contributed by atoms with van der Waals surface area (Å²) < 4.78 is 136. The fourth-order valence-electron chi connectivity index (χ4n) is 8.80. The molecule has 2 unspecified atom stereocenters. The minimum Gasteiger partial charge on any atom is -0.456 e. The number of halogens is 15. The Morgan fingerprint density at radius 3 is 1.03 bits per heavy atom. The Morgan fingerprint density at radius 1 is 0.434 bits per heavy atom. The Kier molecular flexibility index (Phi) is 30.6. The molecular formula is C70H67Cl6F9O11S3. The normalized spacial score (nSPS) is 13.3. The lowest BCUT2D eigenvalue weighted by Gasteiger charge is -2.34. The molecule has 0 saturated heterocycles. The molecule has 0 radical (unpaired) electrons. The molecule has 0 aromatic heterocycles. The molecule has 0 fully saturated rings. The molecule has 0 aliphatic heterocycles. The molecule has 99 heavy (non-hydrogen) atoms. The van der Waals surface area contributed by atoms with Crippen LogP contribution in [-0.2, 0) is 33.3 Å². The maximum absolute atomic E-state index is 14.5.